The minimum absolute atomic E-state index is 0.380. The molecular weight excluding hydrogens is 148 g/mol. The number of hydrogen-bond donors (Lipinski definition) is 1. The van der Waals surface area contributed by atoms with Gasteiger partial charge in [-0.15, -0.1) is 11.6 Å². The van der Waals surface area contributed by atoms with Gasteiger partial charge in [-0.3, -0.25) is 4.90 Å². The first-order valence-electron chi connectivity index (χ1n) is 3.79. The molecule has 0 amide bonds. The van der Waals surface area contributed by atoms with Crippen molar-refractivity contribution in [1.82, 2.24) is 4.90 Å². The van der Waals surface area contributed by atoms with Crippen LogP contribution in [0.4, 0.5) is 0 Å². The molecular formula is C7H15ClN2. The van der Waals surface area contributed by atoms with E-state index in [-0.39, 0.29) is 0 Å². The maximum atomic E-state index is 5.73. The predicted octanol–water partition coefficient (Wildman–Crippen LogP) is 0.647. The summed E-state index contributed by atoms with van der Waals surface area (Å²) in [7, 11) is 0. The SMILES string of the molecule is CC(CCl)N1CCC(N)C1. The topological polar surface area (TPSA) is 29.3 Å². The van der Waals surface area contributed by atoms with Gasteiger partial charge >= 0.3 is 0 Å². The lowest BCUT2D eigenvalue weighted by Gasteiger charge is -2.21. The van der Waals surface area contributed by atoms with Crippen LogP contribution in [0.1, 0.15) is 13.3 Å². The van der Waals surface area contributed by atoms with Gasteiger partial charge in [-0.25, -0.2) is 0 Å². The molecule has 10 heavy (non-hydrogen) atoms. The minimum Gasteiger partial charge on any atom is -0.326 e. The third-order valence-corrected chi connectivity index (χ3v) is 2.55. The van der Waals surface area contributed by atoms with Gasteiger partial charge in [0.25, 0.3) is 0 Å². The van der Waals surface area contributed by atoms with Gasteiger partial charge in [-0.2, -0.15) is 0 Å². The van der Waals surface area contributed by atoms with Crippen LogP contribution >= 0.6 is 11.6 Å². The molecule has 1 saturated heterocycles. The quantitative estimate of drug-likeness (QED) is 0.605. The van der Waals surface area contributed by atoms with E-state index in [1.165, 1.54) is 0 Å². The molecule has 2 N–H and O–H groups in total. The molecule has 1 heterocycles. The molecule has 1 fully saturated rings. The molecule has 0 aromatic heterocycles. The monoisotopic (exact) mass is 162 g/mol. The van der Waals surface area contributed by atoms with E-state index >= 15 is 0 Å². The second-order valence-corrected chi connectivity index (χ2v) is 3.36. The molecule has 60 valence electrons. The van der Waals surface area contributed by atoms with Gasteiger partial charge in [-0.1, -0.05) is 0 Å². The Morgan fingerprint density at radius 3 is 2.90 bits per heavy atom. The number of nitrogens with two attached hydrogens (primary N) is 1. The normalized spacial score (nSPS) is 30.9. The van der Waals surface area contributed by atoms with Crippen molar-refractivity contribution in [2.24, 2.45) is 5.73 Å². The van der Waals surface area contributed by atoms with Crippen LogP contribution in [0.3, 0.4) is 0 Å². The second kappa shape index (κ2) is 3.56. The first kappa shape index (κ1) is 8.31. The first-order valence-corrected chi connectivity index (χ1v) is 4.33. The highest BCUT2D eigenvalue weighted by Gasteiger charge is 2.22. The maximum absolute atomic E-state index is 5.73. The summed E-state index contributed by atoms with van der Waals surface area (Å²) in [4.78, 5) is 2.34. The zero-order valence-electron chi connectivity index (χ0n) is 6.39. The number of hydrogen-bond acceptors (Lipinski definition) is 2. The van der Waals surface area contributed by atoms with E-state index in [1.807, 2.05) is 0 Å². The highest BCUT2D eigenvalue weighted by atomic mass is 35.5. The summed E-state index contributed by atoms with van der Waals surface area (Å²) >= 11 is 5.70. The maximum Gasteiger partial charge on any atom is 0.0376 e. The smallest absolute Gasteiger partial charge is 0.0376 e. The van der Waals surface area contributed by atoms with E-state index in [9.17, 15) is 0 Å². The van der Waals surface area contributed by atoms with E-state index in [4.69, 9.17) is 17.3 Å². The summed E-state index contributed by atoms with van der Waals surface area (Å²) in [6, 6.07) is 0.876. The van der Waals surface area contributed by atoms with Gasteiger partial charge in [0.2, 0.25) is 0 Å². The van der Waals surface area contributed by atoms with Crippen molar-refractivity contribution in [2.45, 2.75) is 25.4 Å². The fourth-order valence-corrected chi connectivity index (χ4v) is 1.51. The number of likely N-dealkylation sites (tertiary alicyclic amines) is 1. The molecule has 1 aliphatic rings. The minimum atomic E-state index is 0.380. The van der Waals surface area contributed by atoms with E-state index in [0.717, 1.165) is 19.5 Å². The molecule has 0 aliphatic carbocycles. The summed E-state index contributed by atoms with van der Waals surface area (Å²) in [5, 5.41) is 0. The fraction of sp³-hybridized carbons (Fsp3) is 1.00. The zero-order valence-corrected chi connectivity index (χ0v) is 7.14. The van der Waals surface area contributed by atoms with Gasteiger partial charge in [-0.05, 0) is 13.3 Å². The highest BCUT2D eigenvalue weighted by molar-refractivity contribution is 6.18. The molecule has 0 spiro atoms. The van der Waals surface area contributed by atoms with Crippen molar-refractivity contribution in [1.29, 1.82) is 0 Å². The van der Waals surface area contributed by atoms with E-state index in [0.29, 0.717) is 18.0 Å². The van der Waals surface area contributed by atoms with Crippen molar-refractivity contribution >= 4 is 11.6 Å². The molecule has 0 saturated carbocycles. The largest absolute Gasteiger partial charge is 0.326 e. The third-order valence-electron chi connectivity index (χ3n) is 2.10. The van der Waals surface area contributed by atoms with Gasteiger partial charge in [0, 0.05) is 31.1 Å². The van der Waals surface area contributed by atoms with E-state index in [2.05, 4.69) is 11.8 Å². The Labute approximate surface area is 67.3 Å². The van der Waals surface area contributed by atoms with Crippen LogP contribution in [0.15, 0.2) is 0 Å². The Balaban J connectivity index is 2.29. The first-order chi connectivity index (χ1) is 4.74. The van der Waals surface area contributed by atoms with Crippen molar-refractivity contribution in [3.05, 3.63) is 0 Å². The number of nitrogens with zero attached hydrogens (tertiary/aromatic N) is 1. The number of halogens is 1. The molecule has 2 unspecified atom stereocenters. The van der Waals surface area contributed by atoms with E-state index < -0.39 is 0 Å². The summed E-state index contributed by atoms with van der Waals surface area (Å²) in [6.45, 7) is 4.29. The third kappa shape index (κ3) is 1.84. The number of alkyl halides is 1. The Bertz CT molecular complexity index is 108. The Kier molecular flexibility index (Phi) is 2.96. The fourth-order valence-electron chi connectivity index (χ4n) is 1.31. The molecule has 0 radical (unpaired) electrons. The van der Waals surface area contributed by atoms with Crippen LogP contribution in [0.5, 0.6) is 0 Å². The van der Waals surface area contributed by atoms with Crippen molar-refractivity contribution in [3.63, 3.8) is 0 Å². The van der Waals surface area contributed by atoms with Gasteiger partial charge in [0.1, 0.15) is 0 Å². The lowest BCUT2D eigenvalue weighted by atomic mass is 10.3. The van der Waals surface area contributed by atoms with Gasteiger partial charge in [0.05, 0.1) is 0 Å². The molecule has 2 nitrogen and oxygen atoms in total. The molecule has 2 atom stereocenters. The van der Waals surface area contributed by atoms with Crippen LogP contribution in [-0.4, -0.2) is 36.0 Å². The van der Waals surface area contributed by atoms with Gasteiger partial charge < -0.3 is 5.73 Å². The number of rotatable bonds is 2. The molecule has 0 bridgehead atoms. The average Bonchev–Trinajstić information content (AvgIpc) is 2.34. The molecule has 1 rings (SSSR count). The lowest BCUT2D eigenvalue weighted by molar-refractivity contribution is 0.275. The Hall–Kier alpha value is 0.210. The molecule has 0 aromatic rings. The van der Waals surface area contributed by atoms with Crippen LogP contribution in [0.25, 0.3) is 0 Å². The van der Waals surface area contributed by atoms with Crippen LogP contribution < -0.4 is 5.73 Å². The van der Waals surface area contributed by atoms with Crippen molar-refractivity contribution in [2.75, 3.05) is 19.0 Å². The molecule has 1 aliphatic heterocycles. The predicted molar refractivity (Wildman–Crippen MR) is 44.3 cm³/mol. The summed E-state index contributed by atoms with van der Waals surface area (Å²) in [5.41, 5.74) is 5.73. The Morgan fingerprint density at radius 1 is 1.80 bits per heavy atom. The average molecular weight is 163 g/mol. The van der Waals surface area contributed by atoms with Crippen molar-refractivity contribution in [3.8, 4) is 0 Å². The molecule has 0 aromatic carbocycles. The van der Waals surface area contributed by atoms with Crippen molar-refractivity contribution < 1.29 is 0 Å². The van der Waals surface area contributed by atoms with Crippen LogP contribution in [0, 0.1) is 0 Å². The lowest BCUT2D eigenvalue weighted by Crippen LogP contribution is -2.34. The standard InChI is InChI=1S/C7H15ClN2/c1-6(4-8)10-3-2-7(9)5-10/h6-7H,2-5,9H2,1H3. The summed E-state index contributed by atoms with van der Waals surface area (Å²) < 4.78 is 0. The summed E-state index contributed by atoms with van der Waals surface area (Å²) in [6.07, 6.45) is 1.13. The second-order valence-electron chi connectivity index (χ2n) is 3.05. The zero-order chi connectivity index (χ0) is 7.56. The molecule has 3 heteroatoms. The van der Waals surface area contributed by atoms with E-state index in [1.54, 1.807) is 0 Å². The van der Waals surface area contributed by atoms with Crippen LogP contribution in [0.2, 0.25) is 0 Å². The highest BCUT2D eigenvalue weighted by Crippen LogP contribution is 2.11. The van der Waals surface area contributed by atoms with Crippen LogP contribution in [-0.2, 0) is 0 Å². The van der Waals surface area contributed by atoms with Gasteiger partial charge in [0.15, 0.2) is 0 Å². The Morgan fingerprint density at radius 2 is 2.50 bits per heavy atom. The summed E-state index contributed by atoms with van der Waals surface area (Å²) in [5.74, 6) is 0.715.